The minimum atomic E-state index is -0.226. The first-order valence-electron chi connectivity index (χ1n) is 9.21. The van der Waals surface area contributed by atoms with Crippen molar-refractivity contribution >= 4 is 11.6 Å². The number of benzene rings is 1. The molecule has 1 fully saturated rings. The number of hydrogen-bond acceptors (Lipinski definition) is 6. The van der Waals surface area contributed by atoms with Crippen LogP contribution in [0.25, 0.3) is 11.4 Å². The van der Waals surface area contributed by atoms with Crippen molar-refractivity contribution in [3.05, 3.63) is 72.3 Å². The fraction of sp³-hybridized carbons (Fsp3) is 0.238. The molecule has 1 aromatic carbocycles. The van der Waals surface area contributed by atoms with Crippen molar-refractivity contribution in [3.63, 3.8) is 0 Å². The molecule has 7 nitrogen and oxygen atoms in total. The fourth-order valence-corrected chi connectivity index (χ4v) is 3.07. The summed E-state index contributed by atoms with van der Waals surface area (Å²) in [6.45, 7) is 4.06. The first-order chi connectivity index (χ1) is 13.8. The Balaban J connectivity index is 1.46. The highest BCUT2D eigenvalue weighted by atomic mass is 16.5. The van der Waals surface area contributed by atoms with Crippen LogP contribution >= 0.6 is 0 Å². The summed E-state index contributed by atoms with van der Waals surface area (Å²) in [6, 6.07) is 11.5. The first kappa shape index (κ1) is 18.2. The van der Waals surface area contributed by atoms with E-state index in [0.717, 1.165) is 49.7 Å². The Hall–Kier alpha value is -3.16. The van der Waals surface area contributed by atoms with E-state index in [9.17, 15) is 4.79 Å². The molecule has 28 heavy (non-hydrogen) atoms. The molecule has 3 aromatic rings. The van der Waals surface area contributed by atoms with E-state index in [-0.39, 0.29) is 5.91 Å². The van der Waals surface area contributed by atoms with Crippen LogP contribution in [0.4, 0.5) is 5.69 Å². The largest absolute Gasteiger partial charge is 0.379 e. The van der Waals surface area contributed by atoms with E-state index >= 15 is 0 Å². The lowest BCUT2D eigenvalue weighted by Crippen LogP contribution is -2.35. The molecule has 1 N–H and O–H groups in total. The molecule has 0 saturated carbocycles. The molecule has 4 rings (SSSR count). The third-order valence-electron chi connectivity index (χ3n) is 4.62. The van der Waals surface area contributed by atoms with E-state index in [1.54, 1.807) is 24.8 Å². The Morgan fingerprint density at radius 3 is 2.50 bits per heavy atom. The number of amides is 1. The summed E-state index contributed by atoms with van der Waals surface area (Å²) in [5.41, 5.74) is 3.15. The van der Waals surface area contributed by atoms with Crippen LogP contribution < -0.4 is 5.32 Å². The molecule has 0 aliphatic carbocycles. The molecule has 1 saturated heterocycles. The highest BCUT2D eigenvalue weighted by Crippen LogP contribution is 2.19. The highest BCUT2D eigenvalue weighted by Gasteiger charge is 2.15. The van der Waals surface area contributed by atoms with Crippen molar-refractivity contribution in [3.8, 4) is 11.4 Å². The zero-order valence-electron chi connectivity index (χ0n) is 15.4. The molecule has 0 bridgehead atoms. The van der Waals surface area contributed by atoms with Crippen molar-refractivity contribution in [1.29, 1.82) is 0 Å². The summed E-state index contributed by atoms with van der Waals surface area (Å²) in [6.07, 6.45) is 6.46. The van der Waals surface area contributed by atoms with Gasteiger partial charge in [-0.15, -0.1) is 0 Å². The number of ether oxygens (including phenoxy) is 1. The number of nitrogens with zero attached hydrogens (tertiary/aromatic N) is 4. The number of anilines is 1. The van der Waals surface area contributed by atoms with Crippen LogP contribution in [0.1, 0.15) is 15.9 Å². The quantitative estimate of drug-likeness (QED) is 0.738. The normalized spacial score (nSPS) is 14.6. The van der Waals surface area contributed by atoms with Gasteiger partial charge in [0, 0.05) is 55.7 Å². The predicted octanol–water partition coefficient (Wildman–Crippen LogP) is 2.62. The minimum Gasteiger partial charge on any atom is -0.379 e. The van der Waals surface area contributed by atoms with Crippen LogP contribution in [0.5, 0.6) is 0 Å². The van der Waals surface area contributed by atoms with Gasteiger partial charge in [0.15, 0.2) is 5.82 Å². The van der Waals surface area contributed by atoms with Crippen LogP contribution in [-0.4, -0.2) is 52.1 Å². The zero-order chi connectivity index (χ0) is 19.2. The third kappa shape index (κ3) is 4.39. The average Bonchev–Trinajstić information content (AvgIpc) is 2.76. The molecule has 3 heterocycles. The molecular weight excluding hydrogens is 354 g/mol. The molecule has 0 unspecified atom stereocenters. The summed E-state index contributed by atoms with van der Waals surface area (Å²) in [5, 5.41) is 2.99. The zero-order valence-corrected chi connectivity index (χ0v) is 15.4. The number of carbonyl (C=O) groups is 1. The molecule has 2 aromatic heterocycles. The van der Waals surface area contributed by atoms with Crippen molar-refractivity contribution in [2.24, 2.45) is 0 Å². The van der Waals surface area contributed by atoms with Gasteiger partial charge in [-0.1, -0.05) is 18.2 Å². The third-order valence-corrected chi connectivity index (χ3v) is 4.62. The second-order valence-electron chi connectivity index (χ2n) is 6.53. The molecule has 1 amide bonds. The first-order valence-corrected chi connectivity index (χ1v) is 9.21. The number of hydrogen-bond donors (Lipinski definition) is 1. The van der Waals surface area contributed by atoms with Crippen LogP contribution in [0.15, 0.2) is 61.2 Å². The van der Waals surface area contributed by atoms with Gasteiger partial charge >= 0.3 is 0 Å². The average molecular weight is 375 g/mol. The minimum absolute atomic E-state index is 0.226. The standard InChI is InChI=1S/C21H21N5O2/c27-21(18-13-23-20(24-14-18)16-5-7-22-8-6-16)25-19-4-2-1-3-17(19)15-26-9-11-28-12-10-26/h1-8,13-14H,9-12,15H2,(H,25,27). The summed E-state index contributed by atoms with van der Waals surface area (Å²) in [7, 11) is 0. The van der Waals surface area contributed by atoms with Crippen LogP contribution in [0, 0.1) is 0 Å². The number of pyridine rings is 1. The van der Waals surface area contributed by atoms with E-state index in [1.807, 2.05) is 36.4 Å². The summed E-state index contributed by atoms with van der Waals surface area (Å²) >= 11 is 0. The van der Waals surface area contributed by atoms with E-state index in [0.29, 0.717) is 11.4 Å². The van der Waals surface area contributed by atoms with Crippen LogP contribution in [0.3, 0.4) is 0 Å². The molecular formula is C21H21N5O2. The van der Waals surface area contributed by atoms with Crippen molar-refractivity contribution in [1.82, 2.24) is 19.9 Å². The Bertz CT molecular complexity index is 925. The van der Waals surface area contributed by atoms with Gasteiger partial charge in [-0.2, -0.15) is 0 Å². The molecule has 0 spiro atoms. The fourth-order valence-electron chi connectivity index (χ4n) is 3.07. The van der Waals surface area contributed by atoms with Crippen LogP contribution in [-0.2, 0) is 11.3 Å². The van der Waals surface area contributed by atoms with Gasteiger partial charge in [0.2, 0.25) is 0 Å². The topological polar surface area (TPSA) is 80.2 Å². The van der Waals surface area contributed by atoms with Crippen molar-refractivity contribution in [2.75, 3.05) is 31.6 Å². The number of nitrogens with one attached hydrogen (secondary N) is 1. The van der Waals surface area contributed by atoms with E-state index < -0.39 is 0 Å². The van der Waals surface area contributed by atoms with Gasteiger partial charge in [-0.05, 0) is 23.8 Å². The Labute approximate surface area is 163 Å². The predicted molar refractivity (Wildman–Crippen MR) is 106 cm³/mol. The maximum absolute atomic E-state index is 12.7. The van der Waals surface area contributed by atoms with E-state index in [2.05, 4.69) is 25.2 Å². The maximum Gasteiger partial charge on any atom is 0.258 e. The van der Waals surface area contributed by atoms with Crippen molar-refractivity contribution in [2.45, 2.75) is 6.54 Å². The van der Waals surface area contributed by atoms with Gasteiger partial charge < -0.3 is 10.1 Å². The van der Waals surface area contributed by atoms with Gasteiger partial charge in [0.1, 0.15) is 0 Å². The van der Waals surface area contributed by atoms with Gasteiger partial charge in [-0.25, -0.2) is 9.97 Å². The van der Waals surface area contributed by atoms with Gasteiger partial charge in [0.25, 0.3) is 5.91 Å². The van der Waals surface area contributed by atoms with E-state index in [4.69, 9.17) is 4.74 Å². The molecule has 1 aliphatic heterocycles. The Morgan fingerprint density at radius 1 is 1.04 bits per heavy atom. The summed E-state index contributed by atoms with van der Waals surface area (Å²) in [5.74, 6) is 0.336. The molecule has 142 valence electrons. The number of rotatable bonds is 5. The SMILES string of the molecule is O=C(Nc1ccccc1CN1CCOCC1)c1cnc(-c2ccncc2)nc1. The molecule has 0 radical (unpaired) electrons. The molecule has 1 aliphatic rings. The lowest BCUT2D eigenvalue weighted by atomic mass is 10.1. The second-order valence-corrected chi connectivity index (χ2v) is 6.53. The lowest BCUT2D eigenvalue weighted by molar-refractivity contribution is 0.0342. The molecule has 7 heteroatoms. The maximum atomic E-state index is 12.7. The lowest BCUT2D eigenvalue weighted by Gasteiger charge is -2.27. The second kappa shape index (κ2) is 8.69. The van der Waals surface area contributed by atoms with Gasteiger partial charge in [0.05, 0.1) is 18.8 Å². The van der Waals surface area contributed by atoms with Crippen molar-refractivity contribution < 1.29 is 9.53 Å². The molecule has 0 atom stereocenters. The number of aromatic nitrogens is 3. The Kier molecular flexibility index (Phi) is 5.65. The Morgan fingerprint density at radius 2 is 1.75 bits per heavy atom. The number of morpholine rings is 1. The van der Waals surface area contributed by atoms with Gasteiger partial charge in [-0.3, -0.25) is 14.7 Å². The highest BCUT2D eigenvalue weighted by molar-refractivity contribution is 6.04. The smallest absolute Gasteiger partial charge is 0.258 e. The summed E-state index contributed by atoms with van der Waals surface area (Å²) in [4.78, 5) is 27.6. The number of para-hydroxylation sites is 1. The van der Waals surface area contributed by atoms with E-state index in [1.165, 1.54) is 0 Å². The number of carbonyl (C=O) groups excluding carboxylic acids is 1. The summed E-state index contributed by atoms with van der Waals surface area (Å²) < 4.78 is 5.40. The van der Waals surface area contributed by atoms with Crippen LogP contribution in [0.2, 0.25) is 0 Å². The monoisotopic (exact) mass is 375 g/mol.